The van der Waals surface area contributed by atoms with Crippen molar-refractivity contribution in [2.24, 2.45) is 5.92 Å². The van der Waals surface area contributed by atoms with Crippen LogP contribution in [0.5, 0.6) is 5.75 Å². The summed E-state index contributed by atoms with van der Waals surface area (Å²) in [5.41, 5.74) is 3.92. The quantitative estimate of drug-likeness (QED) is 0.555. The Labute approximate surface area is 174 Å². The maximum absolute atomic E-state index is 12.6. The van der Waals surface area contributed by atoms with E-state index < -0.39 is 0 Å². The summed E-state index contributed by atoms with van der Waals surface area (Å²) in [6.45, 7) is 2.98. The second-order valence-electron chi connectivity index (χ2n) is 7.93. The van der Waals surface area contributed by atoms with E-state index in [9.17, 15) is 4.79 Å². The number of aromatic nitrogens is 3. The number of benzene rings is 2. The van der Waals surface area contributed by atoms with E-state index in [0.717, 1.165) is 42.3 Å². The second kappa shape index (κ2) is 7.80. The zero-order valence-corrected chi connectivity index (χ0v) is 16.9. The highest BCUT2D eigenvalue weighted by atomic mass is 16.5. The van der Waals surface area contributed by atoms with E-state index in [2.05, 4.69) is 21.9 Å². The predicted octanol–water partition coefficient (Wildman–Crippen LogP) is 3.71. The molecule has 1 N–H and O–H groups in total. The fraction of sp³-hybridized carbons (Fsp3) is 0.250. The van der Waals surface area contributed by atoms with E-state index in [4.69, 9.17) is 4.74 Å². The smallest absolute Gasteiger partial charge is 0.275 e. The van der Waals surface area contributed by atoms with E-state index in [1.807, 2.05) is 65.4 Å². The minimum Gasteiger partial charge on any atom is -0.493 e. The molecule has 2 aromatic carbocycles. The zero-order chi connectivity index (χ0) is 20.5. The van der Waals surface area contributed by atoms with Crippen LogP contribution in [0.1, 0.15) is 6.42 Å². The highest BCUT2D eigenvalue weighted by Gasteiger charge is 2.20. The number of fused-ring (bicyclic) bond motifs is 1. The number of hydrogen-bond acceptors (Lipinski definition) is 4. The Morgan fingerprint density at radius 1 is 1.13 bits per heavy atom. The van der Waals surface area contributed by atoms with Crippen molar-refractivity contribution in [3.05, 3.63) is 77.5 Å². The van der Waals surface area contributed by atoms with E-state index >= 15 is 0 Å². The van der Waals surface area contributed by atoms with Gasteiger partial charge < -0.3 is 19.2 Å². The molecule has 30 heavy (non-hydrogen) atoms. The molecule has 0 saturated carbocycles. The lowest BCUT2D eigenvalue weighted by Crippen LogP contribution is -2.17. The van der Waals surface area contributed by atoms with Gasteiger partial charge in [0.25, 0.3) is 5.56 Å². The fourth-order valence-electron chi connectivity index (χ4n) is 4.18. The van der Waals surface area contributed by atoms with Gasteiger partial charge in [-0.1, -0.05) is 30.3 Å². The van der Waals surface area contributed by atoms with Crippen LogP contribution >= 0.6 is 0 Å². The average molecular weight is 400 g/mol. The van der Waals surface area contributed by atoms with Crippen LogP contribution in [0.3, 0.4) is 0 Å². The topological polar surface area (TPSA) is 63.1 Å². The molecule has 6 heteroatoms. The molecule has 6 nitrogen and oxygen atoms in total. The third-order valence-corrected chi connectivity index (χ3v) is 5.76. The number of ether oxygens (including phenoxy) is 1. The number of hydrogen-bond donors (Lipinski definition) is 1. The van der Waals surface area contributed by atoms with Gasteiger partial charge in [-0.3, -0.25) is 4.79 Å². The van der Waals surface area contributed by atoms with Crippen molar-refractivity contribution in [2.45, 2.75) is 6.42 Å². The fourth-order valence-corrected chi connectivity index (χ4v) is 4.18. The van der Waals surface area contributed by atoms with E-state index in [0.29, 0.717) is 17.0 Å². The molecule has 1 aliphatic rings. The van der Waals surface area contributed by atoms with Crippen LogP contribution in [0, 0.1) is 5.92 Å². The molecule has 1 aliphatic heterocycles. The number of nitrogens with zero attached hydrogens (tertiary/aromatic N) is 3. The third-order valence-electron chi connectivity index (χ3n) is 5.76. The molecule has 0 radical (unpaired) electrons. The Morgan fingerprint density at radius 2 is 1.93 bits per heavy atom. The van der Waals surface area contributed by atoms with Crippen molar-refractivity contribution < 1.29 is 4.74 Å². The van der Waals surface area contributed by atoms with Crippen LogP contribution < -0.4 is 10.3 Å². The first-order valence-corrected chi connectivity index (χ1v) is 10.2. The number of aromatic amines is 1. The van der Waals surface area contributed by atoms with E-state index in [1.165, 1.54) is 12.7 Å². The number of nitrogens with one attached hydrogen (secondary N) is 1. The van der Waals surface area contributed by atoms with Gasteiger partial charge in [0.05, 0.1) is 12.9 Å². The molecular weight excluding hydrogens is 376 g/mol. The van der Waals surface area contributed by atoms with Crippen LogP contribution in [0.4, 0.5) is 0 Å². The summed E-state index contributed by atoms with van der Waals surface area (Å²) in [7, 11) is 2.15. The maximum atomic E-state index is 12.6. The van der Waals surface area contributed by atoms with Crippen molar-refractivity contribution in [1.82, 2.24) is 19.4 Å². The maximum Gasteiger partial charge on any atom is 0.275 e. The molecule has 1 saturated heterocycles. The molecule has 152 valence electrons. The standard InChI is InChI=1S/C24H24N4O2/c1-27-12-11-17(13-27)15-30-20-9-7-18(8-10-20)21-14-28(19-5-3-2-4-6-19)23-22(21)25-16-26-24(23)29/h2-10,14,16-17H,11-13,15H2,1H3,(H,25,26,29). The van der Waals surface area contributed by atoms with Gasteiger partial charge in [-0.05, 0) is 49.8 Å². The Morgan fingerprint density at radius 3 is 2.67 bits per heavy atom. The molecule has 1 atom stereocenters. The van der Waals surface area contributed by atoms with E-state index in [1.54, 1.807) is 0 Å². The van der Waals surface area contributed by atoms with Crippen LogP contribution in [0.25, 0.3) is 27.8 Å². The third kappa shape index (κ3) is 3.50. The highest BCUT2D eigenvalue weighted by Crippen LogP contribution is 2.31. The molecule has 0 aliphatic carbocycles. The number of H-pyrrole nitrogens is 1. The second-order valence-corrected chi connectivity index (χ2v) is 7.93. The number of rotatable bonds is 5. The van der Waals surface area contributed by atoms with Gasteiger partial charge in [0.15, 0.2) is 0 Å². The normalized spacial score (nSPS) is 16.9. The summed E-state index contributed by atoms with van der Waals surface area (Å²) in [6.07, 6.45) is 4.62. The summed E-state index contributed by atoms with van der Waals surface area (Å²) in [5.74, 6) is 1.46. The van der Waals surface area contributed by atoms with Crippen molar-refractivity contribution in [1.29, 1.82) is 0 Å². The predicted molar refractivity (Wildman–Crippen MR) is 118 cm³/mol. The van der Waals surface area contributed by atoms with Gasteiger partial charge >= 0.3 is 0 Å². The minimum atomic E-state index is -0.156. The molecule has 0 bridgehead atoms. The number of para-hydroxylation sites is 1. The number of likely N-dealkylation sites (tertiary alicyclic amines) is 1. The molecule has 5 rings (SSSR count). The van der Waals surface area contributed by atoms with Crippen molar-refractivity contribution in [3.8, 4) is 22.6 Å². The SMILES string of the molecule is CN1CCC(COc2ccc(-c3cn(-c4ccccc4)c4c(=O)[nH]cnc34)cc2)C1. The summed E-state index contributed by atoms with van der Waals surface area (Å²) in [6, 6.07) is 17.9. The first-order valence-electron chi connectivity index (χ1n) is 10.2. The lowest BCUT2D eigenvalue weighted by molar-refractivity contribution is 0.249. The molecule has 1 fully saturated rings. The Hall–Kier alpha value is -3.38. The lowest BCUT2D eigenvalue weighted by Gasteiger charge is -2.12. The molecule has 2 aromatic heterocycles. The largest absolute Gasteiger partial charge is 0.493 e. The average Bonchev–Trinajstić information content (AvgIpc) is 3.38. The van der Waals surface area contributed by atoms with Gasteiger partial charge in [-0.2, -0.15) is 0 Å². The van der Waals surface area contributed by atoms with Crippen LogP contribution in [0.15, 0.2) is 71.9 Å². The van der Waals surface area contributed by atoms with Crippen LogP contribution in [-0.4, -0.2) is 46.2 Å². The Balaban J connectivity index is 1.46. The van der Waals surface area contributed by atoms with Crippen molar-refractivity contribution in [3.63, 3.8) is 0 Å². The molecular formula is C24H24N4O2. The Bertz CT molecular complexity index is 1210. The van der Waals surface area contributed by atoms with Crippen LogP contribution in [-0.2, 0) is 0 Å². The van der Waals surface area contributed by atoms with Gasteiger partial charge in [0, 0.05) is 29.9 Å². The molecule has 0 amide bonds. The summed E-state index contributed by atoms with van der Waals surface area (Å²) in [4.78, 5) is 22.1. The van der Waals surface area contributed by atoms with Crippen molar-refractivity contribution in [2.75, 3.05) is 26.7 Å². The van der Waals surface area contributed by atoms with E-state index in [-0.39, 0.29) is 5.56 Å². The Kier molecular flexibility index (Phi) is 4.85. The molecule has 0 spiro atoms. The first-order chi connectivity index (χ1) is 14.7. The monoisotopic (exact) mass is 400 g/mol. The summed E-state index contributed by atoms with van der Waals surface area (Å²) in [5, 5.41) is 0. The lowest BCUT2D eigenvalue weighted by atomic mass is 10.1. The minimum absolute atomic E-state index is 0.156. The molecule has 4 aromatic rings. The molecule has 3 heterocycles. The molecule has 1 unspecified atom stereocenters. The summed E-state index contributed by atoms with van der Waals surface area (Å²) >= 11 is 0. The van der Waals surface area contributed by atoms with Crippen LogP contribution in [0.2, 0.25) is 0 Å². The van der Waals surface area contributed by atoms with Crippen molar-refractivity contribution >= 4 is 11.0 Å². The summed E-state index contributed by atoms with van der Waals surface area (Å²) < 4.78 is 7.91. The zero-order valence-electron chi connectivity index (χ0n) is 16.9. The van der Waals surface area contributed by atoms with Gasteiger partial charge in [0.1, 0.15) is 16.8 Å². The highest BCUT2D eigenvalue weighted by molar-refractivity contribution is 5.93. The van der Waals surface area contributed by atoms with Gasteiger partial charge in [-0.15, -0.1) is 0 Å². The van der Waals surface area contributed by atoms with Gasteiger partial charge in [0.2, 0.25) is 0 Å². The first kappa shape index (κ1) is 18.6. The van der Waals surface area contributed by atoms with Gasteiger partial charge in [-0.25, -0.2) is 4.98 Å².